The molecule has 0 saturated heterocycles. The summed E-state index contributed by atoms with van der Waals surface area (Å²) in [6.45, 7) is 4.37. The summed E-state index contributed by atoms with van der Waals surface area (Å²) >= 11 is 0. The number of carbonyl (C=O) groups excluding carboxylic acids is 1. The van der Waals surface area contributed by atoms with Crippen molar-refractivity contribution in [3.8, 4) is 0 Å². The van der Waals surface area contributed by atoms with Crippen molar-refractivity contribution in [2.45, 2.75) is 33.2 Å². The number of anilines is 1. The molecule has 0 aliphatic carbocycles. The second-order valence-electron chi connectivity index (χ2n) is 4.52. The quantitative estimate of drug-likeness (QED) is 0.860. The van der Waals surface area contributed by atoms with Crippen molar-refractivity contribution in [3.05, 3.63) is 39.9 Å². The molecule has 7 nitrogen and oxygen atoms in total. The second-order valence-corrected chi connectivity index (χ2v) is 4.52. The van der Waals surface area contributed by atoms with Crippen molar-refractivity contribution >= 4 is 11.7 Å². The molecule has 0 saturated carbocycles. The van der Waals surface area contributed by atoms with Crippen LogP contribution >= 0.6 is 0 Å². The van der Waals surface area contributed by atoms with Crippen LogP contribution in [0.25, 0.3) is 0 Å². The minimum absolute atomic E-state index is 0.201. The summed E-state index contributed by atoms with van der Waals surface area (Å²) in [5.41, 5.74) is 0.833. The first kappa shape index (κ1) is 14.0. The fourth-order valence-electron chi connectivity index (χ4n) is 1.69. The van der Waals surface area contributed by atoms with Crippen LogP contribution in [0.2, 0.25) is 0 Å². The van der Waals surface area contributed by atoms with Crippen molar-refractivity contribution < 1.29 is 4.79 Å². The Hall–Kier alpha value is -2.44. The predicted molar refractivity (Wildman–Crippen MR) is 74.7 cm³/mol. The maximum atomic E-state index is 12.1. The summed E-state index contributed by atoms with van der Waals surface area (Å²) in [6.07, 6.45) is 3.42. The van der Waals surface area contributed by atoms with Crippen LogP contribution in [-0.2, 0) is 6.54 Å². The van der Waals surface area contributed by atoms with Crippen LogP contribution in [0, 0.1) is 6.92 Å². The third kappa shape index (κ3) is 3.11. The molecule has 0 spiro atoms. The van der Waals surface area contributed by atoms with Gasteiger partial charge in [-0.15, -0.1) is 0 Å². The molecule has 20 heavy (non-hydrogen) atoms. The Kier molecular flexibility index (Phi) is 4.29. The summed E-state index contributed by atoms with van der Waals surface area (Å²) in [5.74, 6) is 0.158. The van der Waals surface area contributed by atoms with Crippen LogP contribution in [0.1, 0.15) is 35.8 Å². The van der Waals surface area contributed by atoms with Gasteiger partial charge < -0.3 is 5.32 Å². The number of rotatable bonds is 5. The molecule has 2 aromatic rings. The van der Waals surface area contributed by atoms with E-state index in [0.29, 0.717) is 12.4 Å². The van der Waals surface area contributed by atoms with Gasteiger partial charge in [-0.25, -0.2) is 4.68 Å². The molecule has 0 bridgehead atoms. The monoisotopic (exact) mass is 275 g/mol. The molecular formula is C13H17N5O2. The van der Waals surface area contributed by atoms with Gasteiger partial charge in [0.1, 0.15) is 11.5 Å². The summed E-state index contributed by atoms with van der Waals surface area (Å²) in [7, 11) is 0. The van der Waals surface area contributed by atoms with E-state index in [9.17, 15) is 9.59 Å². The van der Waals surface area contributed by atoms with E-state index in [1.165, 1.54) is 16.8 Å². The highest BCUT2D eigenvalue weighted by Gasteiger charge is 2.11. The molecule has 0 fully saturated rings. The average Bonchev–Trinajstić information content (AvgIpc) is 2.83. The molecule has 0 unspecified atom stereocenters. The van der Waals surface area contributed by atoms with E-state index in [2.05, 4.69) is 20.6 Å². The maximum absolute atomic E-state index is 12.1. The fourth-order valence-corrected chi connectivity index (χ4v) is 1.69. The van der Waals surface area contributed by atoms with Crippen LogP contribution in [0.15, 0.2) is 23.1 Å². The zero-order valence-corrected chi connectivity index (χ0v) is 11.5. The van der Waals surface area contributed by atoms with Crippen molar-refractivity contribution in [2.75, 3.05) is 5.32 Å². The Bertz CT molecular complexity index is 659. The van der Waals surface area contributed by atoms with Gasteiger partial charge in [-0.3, -0.25) is 14.7 Å². The second kappa shape index (κ2) is 6.14. The lowest BCUT2D eigenvalue weighted by Gasteiger charge is -2.06. The van der Waals surface area contributed by atoms with Gasteiger partial charge in [-0.1, -0.05) is 13.3 Å². The van der Waals surface area contributed by atoms with Crippen LogP contribution in [-0.4, -0.2) is 25.9 Å². The number of hydrogen-bond donors (Lipinski definition) is 2. The highest BCUT2D eigenvalue weighted by molar-refractivity contribution is 6.02. The molecule has 2 N–H and O–H groups in total. The molecule has 0 aromatic carbocycles. The summed E-state index contributed by atoms with van der Waals surface area (Å²) in [6, 6.07) is 2.78. The number of aromatic amines is 1. The van der Waals surface area contributed by atoms with Crippen molar-refractivity contribution in [1.29, 1.82) is 0 Å². The summed E-state index contributed by atoms with van der Waals surface area (Å²) < 4.78 is 1.32. The minimum atomic E-state index is -0.373. The van der Waals surface area contributed by atoms with E-state index in [1.807, 2.05) is 13.8 Å². The molecule has 2 heterocycles. The molecular weight excluding hydrogens is 258 g/mol. The Morgan fingerprint density at radius 3 is 2.90 bits per heavy atom. The van der Waals surface area contributed by atoms with Gasteiger partial charge in [-0.2, -0.15) is 10.2 Å². The van der Waals surface area contributed by atoms with Crippen LogP contribution < -0.4 is 10.9 Å². The number of nitrogens with one attached hydrogen (secondary N) is 2. The predicted octanol–water partition coefficient (Wildman–Crippen LogP) is 1.33. The molecule has 7 heteroatoms. The molecule has 2 rings (SSSR count). The van der Waals surface area contributed by atoms with Crippen LogP contribution in [0.4, 0.5) is 5.82 Å². The standard InChI is InChI=1S/C13H17N5O2/c1-3-4-7-18-11(19)6-5-10(17-18)13(20)15-12-9(2)8-14-16-12/h5-6,8H,3-4,7H2,1-2H3,(H2,14,15,16,20). The number of amides is 1. The van der Waals surface area contributed by atoms with E-state index >= 15 is 0 Å². The Balaban J connectivity index is 2.18. The smallest absolute Gasteiger partial charge is 0.277 e. The van der Waals surface area contributed by atoms with Gasteiger partial charge in [0.2, 0.25) is 0 Å². The number of hydrogen-bond acceptors (Lipinski definition) is 4. The number of unbranched alkanes of at least 4 members (excludes halogenated alkanes) is 1. The fraction of sp³-hybridized carbons (Fsp3) is 0.385. The molecule has 0 radical (unpaired) electrons. The Labute approximate surface area is 116 Å². The normalized spacial score (nSPS) is 10.5. The Morgan fingerprint density at radius 2 is 2.25 bits per heavy atom. The lowest BCUT2D eigenvalue weighted by atomic mass is 10.3. The van der Waals surface area contributed by atoms with Gasteiger partial charge in [0.05, 0.1) is 6.20 Å². The average molecular weight is 275 g/mol. The van der Waals surface area contributed by atoms with Gasteiger partial charge >= 0.3 is 0 Å². The minimum Gasteiger partial charge on any atom is -0.305 e. The molecule has 2 aromatic heterocycles. The highest BCUT2D eigenvalue weighted by atomic mass is 16.2. The number of H-pyrrole nitrogens is 1. The first-order chi connectivity index (χ1) is 9.61. The SMILES string of the molecule is CCCCn1nc(C(=O)Nc2[nH]ncc2C)ccc1=O. The number of nitrogens with zero attached hydrogens (tertiary/aromatic N) is 3. The lowest BCUT2D eigenvalue weighted by molar-refractivity contribution is 0.101. The number of aromatic nitrogens is 4. The van der Waals surface area contributed by atoms with Crippen molar-refractivity contribution in [1.82, 2.24) is 20.0 Å². The van der Waals surface area contributed by atoms with Gasteiger partial charge in [0, 0.05) is 18.2 Å². The molecule has 0 atom stereocenters. The van der Waals surface area contributed by atoms with Crippen LogP contribution in [0.5, 0.6) is 0 Å². The van der Waals surface area contributed by atoms with E-state index in [-0.39, 0.29) is 17.2 Å². The maximum Gasteiger partial charge on any atom is 0.277 e. The lowest BCUT2D eigenvalue weighted by Crippen LogP contribution is -2.26. The van der Waals surface area contributed by atoms with Gasteiger partial charge in [0.15, 0.2) is 0 Å². The summed E-state index contributed by atoms with van der Waals surface area (Å²) in [5, 5.41) is 13.3. The van der Waals surface area contributed by atoms with E-state index in [1.54, 1.807) is 6.20 Å². The highest BCUT2D eigenvalue weighted by Crippen LogP contribution is 2.09. The molecule has 1 amide bonds. The van der Waals surface area contributed by atoms with E-state index < -0.39 is 0 Å². The first-order valence-electron chi connectivity index (χ1n) is 6.51. The first-order valence-corrected chi connectivity index (χ1v) is 6.51. The largest absolute Gasteiger partial charge is 0.305 e. The summed E-state index contributed by atoms with van der Waals surface area (Å²) in [4.78, 5) is 23.7. The molecule has 0 aliphatic heterocycles. The molecule has 0 aliphatic rings. The zero-order chi connectivity index (χ0) is 14.5. The van der Waals surface area contributed by atoms with Crippen molar-refractivity contribution in [2.24, 2.45) is 0 Å². The number of aryl methyl sites for hydroxylation is 2. The topological polar surface area (TPSA) is 92.7 Å². The zero-order valence-electron chi connectivity index (χ0n) is 11.5. The van der Waals surface area contributed by atoms with Crippen molar-refractivity contribution in [3.63, 3.8) is 0 Å². The van der Waals surface area contributed by atoms with Gasteiger partial charge in [-0.05, 0) is 19.4 Å². The third-order valence-electron chi connectivity index (χ3n) is 2.89. The van der Waals surface area contributed by atoms with E-state index in [0.717, 1.165) is 18.4 Å². The van der Waals surface area contributed by atoms with E-state index in [4.69, 9.17) is 0 Å². The van der Waals surface area contributed by atoms with Gasteiger partial charge in [0.25, 0.3) is 11.5 Å². The third-order valence-corrected chi connectivity index (χ3v) is 2.89. The number of carbonyl (C=O) groups is 1. The molecule has 106 valence electrons. The van der Waals surface area contributed by atoms with Crippen LogP contribution in [0.3, 0.4) is 0 Å². The Morgan fingerprint density at radius 1 is 1.45 bits per heavy atom.